The summed E-state index contributed by atoms with van der Waals surface area (Å²) in [5.41, 5.74) is 3.43. The number of ether oxygens (including phenoxy) is 2. The number of nitrogens with zero attached hydrogens (tertiary/aromatic N) is 2. The predicted octanol–water partition coefficient (Wildman–Crippen LogP) is 2.62. The van der Waals surface area contributed by atoms with Crippen LogP contribution in [0.25, 0.3) is 5.69 Å². The molecule has 130 valence electrons. The smallest absolute Gasteiger partial charge is 0.350 e. The minimum atomic E-state index is -1.24. The summed E-state index contributed by atoms with van der Waals surface area (Å²) < 4.78 is 11.9. The highest BCUT2D eigenvalue weighted by Gasteiger charge is 2.38. The number of hydrogen-bond acceptors (Lipinski definition) is 6. The Morgan fingerprint density at radius 3 is 2.20 bits per heavy atom. The lowest BCUT2D eigenvalue weighted by atomic mass is 10.2. The number of hydrogen-bond donors (Lipinski definition) is 1. The van der Waals surface area contributed by atoms with Crippen LogP contribution in [-0.4, -0.2) is 27.5 Å². The fourth-order valence-corrected chi connectivity index (χ4v) is 2.52. The van der Waals surface area contributed by atoms with Crippen LogP contribution in [0.4, 0.5) is 5.69 Å². The van der Waals surface area contributed by atoms with Gasteiger partial charge < -0.3 is 14.8 Å². The second kappa shape index (κ2) is 6.08. The van der Waals surface area contributed by atoms with E-state index in [-0.39, 0.29) is 5.57 Å². The lowest BCUT2D eigenvalue weighted by molar-refractivity contribution is -0.222. The Labute approximate surface area is 145 Å². The van der Waals surface area contributed by atoms with Gasteiger partial charge in [0.1, 0.15) is 0 Å². The molecule has 0 amide bonds. The number of cyclic esters (lactones) is 2. The van der Waals surface area contributed by atoms with Crippen molar-refractivity contribution in [1.82, 2.24) is 9.78 Å². The molecule has 25 heavy (non-hydrogen) atoms. The highest BCUT2D eigenvalue weighted by Crippen LogP contribution is 2.23. The number of benzene rings is 1. The van der Waals surface area contributed by atoms with Crippen LogP contribution in [-0.2, 0) is 19.1 Å². The van der Waals surface area contributed by atoms with E-state index in [1.165, 1.54) is 20.0 Å². The van der Waals surface area contributed by atoms with Gasteiger partial charge in [-0.3, -0.25) is 0 Å². The lowest BCUT2D eigenvalue weighted by Crippen LogP contribution is -2.42. The summed E-state index contributed by atoms with van der Waals surface area (Å²) in [6, 6.07) is 9.43. The molecule has 2 heterocycles. The van der Waals surface area contributed by atoms with Crippen LogP contribution >= 0.6 is 0 Å². The van der Waals surface area contributed by atoms with E-state index in [4.69, 9.17) is 9.47 Å². The Morgan fingerprint density at radius 2 is 1.68 bits per heavy atom. The highest BCUT2D eigenvalue weighted by molar-refractivity contribution is 6.15. The molecular weight excluding hydrogens is 322 g/mol. The first kappa shape index (κ1) is 16.8. The summed E-state index contributed by atoms with van der Waals surface area (Å²) >= 11 is 0. The van der Waals surface area contributed by atoms with Gasteiger partial charge >= 0.3 is 11.9 Å². The number of carbonyl (C=O) groups is 2. The first-order chi connectivity index (χ1) is 11.7. The van der Waals surface area contributed by atoms with Crippen molar-refractivity contribution in [2.75, 3.05) is 5.32 Å². The fourth-order valence-electron chi connectivity index (χ4n) is 2.52. The lowest BCUT2D eigenvalue weighted by Gasteiger charge is -2.29. The zero-order valence-corrected chi connectivity index (χ0v) is 14.5. The molecule has 0 radical (unpaired) electrons. The Balaban J connectivity index is 1.75. The second-order valence-corrected chi connectivity index (χ2v) is 6.27. The molecule has 0 unspecified atom stereocenters. The SMILES string of the molecule is Cc1cc(C)n(-c2ccc(NC=C3C(=O)OC(C)(C)OC3=O)cc2)n1. The van der Waals surface area contributed by atoms with Crippen LogP contribution in [0.5, 0.6) is 0 Å². The Hall–Kier alpha value is -3.09. The minimum absolute atomic E-state index is 0.179. The van der Waals surface area contributed by atoms with Crippen LogP contribution in [0.2, 0.25) is 0 Å². The number of rotatable bonds is 3. The minimum Gasteiger partial charge on any atom is -0.419 e. The highest BCUT2D eigenvalue weighted by atomic mass is 16.7. The van der Waals surface area contributed by atoms with Crippen LogP contribution in [0.3, 0.4) is 0 Å². The van der Waals surface area contributed by atoms with Crippen molar-refractivity contribution in [3.8, 4) is 5.69 Å². The molecule has 1 aliphatic heterocycles. The van der Waals surface area contributed by atoms with E-state index in [0.717, 1.165) is 17.1 Å². The van der Waals surface area contributed by atoms with Gasteiger partial charge in [-0.15, -0.1) is 0 Å². The molecular formula is C18H19N3O4. The summed E-state index contributed by atoms with van der Waals surface area (Å²) in [7, 11) is 0. The Bertz CT molecular complexity index is 841. The van der Waals surface area contributed by atoms with Crippen LogP contribution in [0.1, 0.15) is 25.2 Å². The molecule has 0 saturated carbocycles. The van der Waals surface area contributed by atoms with E-state index in [9.17, 15) is 9.59 Å². The summed E-state index contributed by atoms with van der Waals surface area (Å²) in [6.07, 6.45) is 1.29. The maximum absolute atomic E-state index is 11.9. The number of aromatic nitrogens is 2. The number of anilines is 1. The molecule has 1 fully saturated rings. The largest absolute Gasteiger partial charge is 0.419 e. The van der Waals surface area contributed by atoms with Gasteiger partial charge in [0.25, 0.3) is 5.79 Å². The van der Waals surface area contributed by atoms with E-state index >= 15 is 0 Å². The third kappa shape index (κ3) is 3.55. The Morgan fingerprint density at radius 1 is 1.08 bits per heavy atom. The van der Waals surface area contributed by atoms with Crippen molar-refractivity contribution in [3.05, 3.63) is 53.5 Å². The van der Waals surface area contributed by atoms with E-state index in [1.807, 2.05) is 48.9 Å². The van der Waals surface area contributed by atoms with Crippen LogP contribution < -0.4 is 5.32 Å². The maximum Gasteiger partial charge on any atom is 0.350 e. The van der Waals surface area contributed by atoms with E-state index in [2.05, 4.69) is 10.4 Å². The molecule has 0 atom stereocenters. The molecule has 2 aromatic rings. The average Bonchev–Trinajstić information content (AvgIpc) is 2.84. The summed E-state index contributed by atoms with van der Waals surface area (Å²) in [4.78, 5) is 23.8. The molecule has 0 aliphatic carbocycles. The van der Waals surface area contributed by atoms with Gasteiger partial charge in [-0.1, -0.05) is 0 Å². The monoisotopic (exact) mass is 341 g/mol. The number of nitrogens with one attached hydrogen (secondary N) is 1. The predicted molar refractivity (Wildman–Crippen MR) is 91.0 cm³/mol. The third-order valence-corrected chi connectivity index (χ3v) is 3.62. The van der Waals surface area contributed by atoms with Gasteiger partial charge in [0.15, 0.2) is 5.57 Å². The zero-order chi connectivity index (χ0) is 18.2. The second-order valence-electron chi connectivity index (χ2n) is 6.27. The third-order valence-electron chi connectivity index (χ3n) is 3.62. The van der Waals surface area contributed by atoms with E-state index in [1.54, 1.807) is 0 Å². The van der Waals surface area contributed by atoms with Crippen molar-refractivity contribution in [3.63, 3.8) is 0 Å². The molecule has 0 bridgehead atoms. The van der Waals surface area contributed by atoms with Crippen LogP contribution in [0, 0.1) is 13.8 Å². The van der Waals surface area contributed by atoms with Crippen molar-refractivity contribution in [2.45, 2.75) is 33.5 Å². The molecule has 1 aliphatic rings. The normalized spacial score (nSPS) is 16.2. The van der Waals surface area contributed by atoms with Crippen molar-refractivity contribution in [2.24, 2.45) is 0 Å². The Kier molecular flexibility index (Phi) is 4.08. The molecule has 3 rings (SSSR count). The van der Waals surface area contributed by atoms with E-state index in [0.29, 0.717) is 5.69 Å². The van der Waals surface area contributed by atoms with Gasteiger partial charge in [0, 0.05) is 31.4 Å². The summed E-state index contributed by atoms with van der Waals surface area (Å²) in [6.45, 7) is 6.93. The number of carbonyl (C=O) groups excluding carboxylic acids is 2. The average molecular weight is 341 g/mol. The van der Waals surface area contributed by atoms with Gasteiger partial charge in [0.05, 0.1) is 11.4 Å². The van der Waals surface area contributed by atoms with Crippen molar-refractivity contribution >= 4 is 17.6 Å². The van der Waals surface area contributed by atoms with Gasteiger partial charge in [0.2, 0.25) is 0 Å². The fraction of sp³-hybridized carbons (Fsp3) is 0.278. The molecule has 1 saturated heterocycles. The number of esters is 2. The topological polar surface area (TPSA) is 82.5 Å². The zero-order valence-electron chi connectivity index (χ0n) is 14.5. The molecule has 1 N–H and O–H groups in total. The molecule has 1 aromatic heterocycles. The van der Waals surface area contributed by atoms with Crippen molar-refractivity contribution in [1.29, 1.82) is 0 Å². The van der Waals surface area contributed by atoms with Gasteiger partial charge in [-0.2, -0.15) is 5.10 Å². The van der Waals surface area contributed by atoms with Crippen LogP contribution in [0.15, 0.2) is 42.1 Å². The number of aryl methyl sites for hydroxylation is 2. The maximum atomic E-state index is 11.9. The molecule has 0 spiro atoms. The molecule has 1 aromatic carbocycles. The quantitative estimate of drug-likeness (QED) is 0.525. The van der Waals surface area contributed by atoms with E-state index < -0.39 is 17.7 Å². The summed E-state index contributed by atoms with van der Waals surface area (Å²) in [5.74, 6) is -2.67. The first-order valence-corrected chi connectivity index (χ1v) is 7.82. The van der Waals surface area contributed by atoms with Gasteiger partial charge in [-0.25, -0.2) is 14.3 Å². The molecule has 7 heteroatoms. The summed E-state index contributed by atoms with van der Waals surface area (Å²) in [5, 5.41) is 7.33. The van der Waals surface area contributed by atoms with Crippen molar-refractivity contribution < 1.29 is 19.1 Å². The first-order valence-electron chi connectivity index (χ1n) is 7.82. The van der Waals surface area contributed by atoms with Gasteiger partial charge in [-0.05, 0) is 44.2 Å². The standard InChI is InChI=1S/C18H19N3O4/c1-11-9-12(2)21(20-11)14-7-5-13(6-8-14)19-10-15-16(22)24-18(3,4)25-17(15)23/h5-10,19H,1-4H3. The molecule has 7 nitrogen and oxygen atoms in total.